The van der Waals surface area contributed by atoms with Crippen molar-refractivity contribution in [2.24, 2.45) is 0 Å². The van der Waals surface area contributed by atoms with E-state index in [1.54, 1.807) is 23.9 Å². The Hall–Kier alpha value is -1.52. The van der Waals surface area contributed by atoms with Crippen LogP contribution in [0.15, 0.2) is 30.6 Å². The van der Waals surface area contributed by atoms with E-state index < -0.39 is 0 Å². The molecule has 0 saturated carbocycles. The molecule has 0 unspecified atom stereocenters. The normalized spacial score (nSPS) is 10.5. The van der Waals surface area contributed by atoms with Crippen molar-refractivity contribution in [3.63, 3.8) is 0 Å². The molecule has 0 aliphatic rings. The molecular formula is C13H12Cl2N2O2. The highest BCUT2D eigenvalue weighted by atomic mass is 35.5. The van der Waals surface area contributed by atoms with Gasteiger partial charge in [-0.15, -0.1) is 0 Å². The fourth-order valence-corrected chi connectivity index (χ4v) is 1.99. The zero-order chi connectivity index (χ0) is 13.8. The van der Waals surface area contributed by atoms with Crippen LogP contribution in [0.1, 0.15) is 22.8 Å². The topological polar surface area (TPSA) is 44.1 Å². The van der Waals surface area contributed by atoms with Crippen molar-refractivity contribution in [2.45, 2.75) is 13.5 Å². The summed E-state index contributed by atoms with van der Waals surface area (Å²) < 4.78 is 6.51. The Balaban J connectivity index is 2.16. The fraction of sp³-hybridized carbons (Fsp3) is 0.231. The number of nitrogens with zero attached hydrogens (tertiary/aromatic N) is 2. The molecule has 0 aliphatic heterocycles. The highest BCUT2D eigenvalue weighted by molar-refractivity contribution is 6.42. The quantitative estimate of drug-likeness (QED) is 0.813. The summed E-state index contributed by atoms with van der Waals surface area (Å²) in [6.45, 7) is 2.54. The lowest BCUT2D eigenvalue weighted by molar-refractivity contribution is 0.0526. The van der Waals surface area contributed by atoms with Crippen molar-refractivity contribution < 1.29 is 9.53 Å². The van der Waals surface area contributed by atoms with E-state index in [2.05, 4.69) is 5.10 Å². The predicted molar refractivity (Wildman–Crippen MR) is 73.7 cm³/mol. The number of esters is 1. The molecule has 2 aromatic rings. The highest BCUT2D eigenvalue weighted by Gasteiger charge is 2.11. The van der Waals surface area contributed by atoms with Crippen LogP contribution in [-0.4, -0.2) is 22.4 Å². The first-order valence-corrected chi connectivity index (χ1v) is 6.50. The molecule has 0 radical (unpaired) electrons. The smallest absolute Gasteiger partial charge is 0.341 e. The molecule has 0 spiro atoms. The molecule has 2 rings (SSSR count). The molecule has 0 fully saturated rings. The number of carbonyl (C=O) groups excluding carboxylic acids is 1. The van der Waals surface area contributed by atoms with Gasteiger partial charge in [0.15, 0.2) is 0 Å². The zero-order valence-corrected chi connectivity index (χ0v) is 11.8. The summed E-state index contributed by atoms with van der Waals surface area (Å²) >= 11 is 12.0. The Bertz CT molecular complexity index is 596. The maximum Gasteiger partial charge on any atom is 0.341 e. The first-order chi connectivity index (χ1) is 9.11. The first kappa shape index (κ1) is 13.9. The van der Waals surface area contributed by atoms with Gasteiger partial charge >= 0.3 is 5.97 Å². The maximum atomic E-state index is 11.5. The summed E-state index contributed by atoms with van der Waals surface area (Å²) in [5.41, 5.74) is 1.26. The zero-order valence-electron chi connectivity index (χ0n) is 10.3. The van der Waals surface area contributed by atoms with E-state index in [-0.39, 0.29) is 5.97 Å². The van der Waals surface area contributed by atoms with E-state index in [1.165, 1.54) is 6.20 Å². The number of hydrogen-bond donors (Lipinski definition) is 0. The van der Waals surface area contributed by atoms with Gasteiger partial charge < -0.3 is 4.74 Å². The van der Waals surface area contributed by atoms with Crippen LogP contribution in [0.2, 0.25) is 10.0 Å². The van der Waals surface area contributed by atoms with E-state index in [0.717, 1.165) is 5.56 Å². The van der Waals surface area contributed by atoms with Gasteiger partial charge in [-0.2, -0.15) is 5.10 Å². The third-order valence-corrected chi connectivity index (χ3v) is 3.37. The predicted octanol–water partition coefficient (Wildman–Crippen LogP) is 3.41. The molecule has 0 atom stereocenters. The monoisotopic (exact) mass is 298 g/mol. The third kappa shape index (κ3) is 3.28. The average Bonchev–Trinajstić information content (AvgIpc) is 2.84. The van der Waals surface area contributed by atoms with Gasteiger partial charge in [-0.25, -0.2) is 4.79 Å². The molecule has 0 N–H and O–H groups in total. The van der Waals surface area contributed by atoms with E-state index in [9.17, 15) is 4.79 Å². The van der Waals surface area contributed by atoms with E-state index in [0.29, 0.717) is 28.8 Å². The van der Waals surface area contributed by atoms with Gasteiger partial charge in [0, 0.05) is 6.20 Å². The second-order valence-electron chi connectivity index (χ2n) is 3.86. The van der Waals surface area contributed by atoms with Crippen LogP contribution in [0.4, 0.5) is 0 Å². The molecule has 1 heterocycles. The van der Waals surface area contributed by atoms with Gasteiger partial charge in [-0.1, -0.05) is 35.3 Å². The molecule has 100 valence electrons. The number of carbonyl (C=O) groups is 1. The van der Waals surface area contributed by atoms with Gasteiger partial charge in [0.1, 0.15) is 0 Å². The molecule has 1 aromatic heterocycles. The van der Waals surface area contributed by atoms with E-state index in [4.69, 9.17) is 27.9 Å². The molecule has 1 aromatic carbocycles. The van der Waals surface area contributed by atoms with Crippen molar-refractivity contribution >= 4 is 29.2 Å². The van der Waals surface area contributed by atoms with Crippen LogP contribution >= 0.6 is 23.2 Å². The van der Waals surface area contributed by atoms with Crippen LogP contribution < -0.4 is 0 Å². The SMILES string of the molecule is CCOC(=O)c1cnn(Cc2cccc(Cl)c2Cl)c1. The Morgan fingerprint density at radius 2 is 2.21 bits per heavy atom. The Labute approximate surface area is 120 Å². The van der Waals surface area contributed by atoms with Crippen LogP contribution in [0, 0.1) is 0 Å². The number of benzene rings is 1. The number of rotatable bonds is 4. The van der Waals surface area contributed by atoms with Crippen LogP contribution in [-0.2, 0) is 11.3 Å². The van der Waals surface area contributed by atoms with Crippen molar-refractivity contribution in [3.05, 3.63) is 51.8 Å². The minimum Gasteiger partial charge on any atom is -0.462 e. The average molecular weight is 299 g/mol. The number of ether oxygens (including phenoxy) is 1. The summed E-state index contributed by atoms with van der Waals surface area (Å²) in [4.78, 5) is 11.5. The molecule has 6 heteroatoms. The number of hydrogen-bond acceptors (Lipinski definition) is 3. The van der Waals surface area contributed by atoms with Gasteiger partial charge in [0.2, 0.25) is 0 Å². The van der Waals surface area contributed by atoms with Crippen LogP contribution in [0.5, 0.6) is 0 Å². The standard InChI is InChI=1S/C13H12Cl2N2O2/c1-2-19-13(18)10-6-16-17(8-10)7-9-4-3-5-11(14)12(9)15/h3-6,8H,2,7H2,1H3. The highest BCUT2D eigenvalue weighted by Crippen LogP contribution is 2.26. The second-order valence-corrected chi connectivity index (χ2v) is 4.65. The van der Waals surface area contributed by atoms with Gasteiger partial charge in [-0.3, -0.25) is 4.68 Å². The maximum absolute atomic E-state index is 11.5. The third-order valence-electron chi connectivity index (χ3n) is 2.51. The minimum absolute atomic E-state index is 0.337. The number of halogens is 2. The summed E-state index contributed by atoms with van der Waals surface area (Å²) in [6, 6.07) is 5.40. The second kappa shape index (κ2) is 6.08. The molecular weight excluding hydrogens is 287 g/mol. The fourth-order valence-electron chi connectivity index (χ4n) is 1.61. The summed E-state index contributed by atoms with van der Waals surface area (Å²) in [5.74, 6) is -0.383. The molecule has 4 nitrogen and oxygen atoms in total. The Morgan fingerprint density at radius 3 is 2.95 bits per heavy atom. The lowest BCUT2D eigenvalue weighted by Crippen LogP contribution is -2.04. The van der Waals surface area contributed by atoms with Crippen molar-refractivity contribution in [2.75, 3.05) is 6.61 Å². The van der Waals surface area contributed by atoms with Crippen molar-refractivity contribution in [1.82, 2.24) is 9.78 Å². The largest absolute Gasteiger partial charge is 0.462 e. The Kier molecular flexibility index (Phi) is 4.45. The van der Waals surface area contributed by atoms with Gasteiger partial charge in [-0.05, 0) is 18.6 Å². The lowest BCUT2D eigenvalue weighted by atomic mass is 10.2. The van der Waals surface area contributed by atoms with E-state index in [1.807, 2.05) is 12.1 Å². The van der Waals surface area contributed by atoms with E-state index >= 15 is 0 Å². The van der Waals surface area contributed by atoms with Crippen molar-refractivity contribution in [1.29, 1.82) is 0 Å². The molecule has 19 heavy (non-hydrogen) atoms. The summed E-state index contributed by atoms with van der Waals surface area (Å²) in [7, 11) is 0. The van der Waals surface area contributed by atoms with Crippen LogP contribution in [0.25, 0.3) is 0 Å². The molecule has 0 saturated heterocycles. The minimum atomic E-state index is -0.383. The van der Waals surface area contributed by atoms with Gasteiger partial charge in [0.05, 0.1) is 35.0 Å². The van der Waals surface area contributed by atoms with Crippen LogP contribution in [0.3, 0.4) is 0 Å². The molecule has 0 amide bonds. The lowest BCUT2D eigenvalue weighted by Gasteiger charge is -2.05. The first-order valence-electron chi connectivity index (χ1n) is 5.74. The summed E-state index contributed by atoms with van der Waals surface area (Å²) in [5, 5.41) is 5.09. The van der Waals surface area contributed by atoms with Gasteiger partial charge in [0.25, 0.3) is 0 Å². The number of aromatic nitrogens is 2. The summed E-state index contributed by atoms with van der Waals surface area (Å²) in [6.07, 6.45) is 3.09. The Morgan fingerprint density at radius 1 is 1.42 bits per heavy atom. The van der Waals surface area contributed by atoms with Crippen molar-refractivity contribution in [3.8, 4) is 0 Å². The molecule has 0 bridgehead atoms. The molecule has 0 aliphatic carbocycles.